The van der Waals surface area contributed by atoms with Gasteiger partial charge in [-0.25, -0.2) is 0 Å². The van der Waals surface area contributed by atoms with Crippen molar-refractivity contribution in [1.82, 2.24) is 9.80 Å². The topological polar surface area (TPSA) is 62.2 Å². The first-order valence-electron chi connectivity index (χ1n) is 8.21. The molecule has 2 saturated heterocycles. The Kier molecular flexibility index (Phi) is 5.48. The summed E-state index contributed by atoms with van der Waals surface area (Å²) >= 11 is 0. The summed E-state index contributed by atoms with van der Waals surface area (Å²) in [6.45, 7) is 4.81. The van der Waals surface area contributed by atoms with Crippen LogP contribution in [0.2, 0.25) is 0 Å². The summed E-state index contributed by atoms with van der Waals surface area (Å²) in [7, 11) is 0. The molecule has 1 aromatic carbocycles. The van der Waals surface area contributed by atoms with E-state index in [0.717, 1.165) is 38.3 Å². The van der Waals surface area contributed by atoms with Crippen molar-refractivity contribution in [3.05, 3.63) is 30.3 Å². The smallest absolute Gasteiger partial charge is 0.323 e. The van der Waals surface area contributed by atoms with Crippen LogP contribution in [0.15, 0.2) is 30.3 Å². The van der Waals surface area contributed by atoms with E-state index in [0.29, 0.717) is 19.8 Å². The quantitative estimate of drug-likeness (QED) is 0.764. The normalized spacial score (nSPS) is 24.4. The number of carbonyl (C=O) groups is 1. The summed E-state index contributed by atoms with van der Waals surface area (Å²) < 4.78 is 10.6. The maximum absolute atomic E-state index is 11.6. The second-order valence-corrected chi connectivity index (χ2v) is 6.09. The van der Waals surface area contributed by atoms with Gasteiger partial charge in [0.25, 0.3) is 0 Å². The zero-order chi connectivity index (χ0) is 16.1. The van der Waals surface area contributed by atoms with E-state index in [1.165, 1.54) is 0 Å². The first-order chi connectivity index (χ1) is 11.2. The van der Waals surface area contributed by atoms with E-state index in [2.05, 4.69) is 9.80 Å². The minimum atomic E-state index is -0.516. The van der Waals surface area contributed by atoms with Crippen LogP contribution >= 0.6 is 0 Å². The van der Waals surface area contributed by atoms with Crippen LogP contribution in [-0.2, 0) is 9.53 Å². The highest BCUT2D eigenvalue weighted by molar-refractivity contribution is 5.77. The number of β-amino-alcohol motifs (C(OH)–C–C–N with tert-alkyl or cyclic N) is 1. The molecule has 0 spiro atoms. The van der Waals surface area contributed by atoms with Crippen molar-refractivity contribution in [3.63, 3.8) is 0 Å². The van der Waals surface area contributed by atoms with Crippen molar-refractivity contribution in [3.8, 4) is 5.75 Å². The molecule has 0 saturated carbocycles. The predicted molar refractivity (Wildman–Crippen MR) is 85.3 cm³/mol. The van der Waals surface area contributed by atoms with Gasteiger partial charge in [-0.05, 0) is 12.1 Å². The van der Waals surface area contributed by atoms with Crippen molar-refractivity contribution in [2.45, 2.75) is 18.6 Å². The fraction of sp³-hybridized carbons (Fsp3) is 0.588. The molecule has 1 N–H and O–H groups in total. The summed E-state index contributed by atoms with van der Waals surface area (Å²) in [5.41, 5.74) is 0. The number of ether oxygens (including phenoxy) is 2. The minimum Gasteiger partial charge on any atom is -0.491 e. The van der Waals surface area contributed by atoms with Gasteiger partial charge in [0, 0.05) is 39.1 Å². The number of piperazine rings is 1. The molecule has 2 fully saturated rings. The van der Waals surface area contributed by atoms with Crippen LogP contribution in [0.1, 0.15) is 6.42 Å². The monoisotopic (exact) mass is 320 g/mol. The molecule has 0 aromatic heterocycles. The number of rotatable bonds is 6. The van der Waals surface area contributed by atoms with Crippen LogP contribution in [0.5, 0.6) is 5.75 Å². The molecule has 0 bridgehead atoms. The van der Waals surface area contributed by atoms with Crippen molar-refractivity contribution in [2.24, 2.45) is 0 Å². The van der Waals surface area contributed by atoms with Gasteiger partial charge in [-0.2, -0.15) is 0 Å². The molecule has 0 radical (unpaired) electrons. The number of benzene rings is 1. The molecular formula is C17H24N2O4. The molecule has 0 aliphatic carbocycles. The summed E-state index contributed by atoms with van der Waals surface area (Å²) in [6.07, 6.45) is 0.282. The standard InChI is InChI=1S/C17H24N2O4/c20-14(13-23-15-4-2-1-3-5-15)12-18-7-9-19(10-8-18)16-6-11-22-17(16)21/h1-5,14,16,20H,6-13H2/t14-,16+/m0/s1. The van der Waals surface area contributed by atoms with Crippen molar-refractivity contribution >= 4 is 5.97 Å². The van der Waals surface area contributed by atoms with Crippen molar-refractivity contribution < 1.29 is 19.4 Å². The molecular weight excluding hydrogens is 296 g/mol. The number of carbonyl (C=O) groups excluding carboxylic acids is 1. The number of cyclic esters (lactones) is 1. The van der Waals surface area contributed by atoms with E-state index in [-0.39, 0.29) is 12.0 Å². The number of nitrogens with zero attached hydrogens (tertiary/aromatic N) is 2. The molecule has 2 aliphatic heterocycles. The first kappa shape index (κ1) is 16.2. The zero-order valence-electron chi connectivity index (χ0n) is 13.3. The van der Waals surface area contributed by atoms with Crippen molar-refractivity contribution in [2.75, 3.05) is 45.9 Å². The lowest BCUT2D eigenvalue weighted by atomic mass is 10.1. The maximum atomic E-state index is 11.6. The lowest BCUT2D eigenvalue weighted by Gasteiger charge is -2.37. The van der Waals surface area contributed by atoms with Gasteiger partial charge in [-0.15, -0.1) is 0 Å². The molecule has 2 atom stereocenters. The number of hydrogen-bond donors (Lipinski definition) is 1. The minimum absolute atomic E-state index is 0.0662. The summed E-state index contributed by atoms with van der Waals surface area (Å²) in [5.74, 6) is 0.686. The fourth-order valence-corrected chi connectivity index (χ4v) is 3.13. The molecule has 2 aliphatic rings. The zero-order valence-corrected chi connectivity index (χ0v) is 13.3. The van der Waals surface area contributed by atoms with Crippen LogP contribution in [0.4, 0.5) is 0 Å². The Labute approximate surface area is 136 Å². The van der Waals surface area contributed by atoms with Crippen LogP contribution in [0.3, 0.4) is 0 Å². The third-order valence-corrected chi connectivity index (χ3v) is 4.41. The molecule has 0 amide bonds. The lowest BCUT2D eigenvalue weighted by Crippen LogP contribution is -2.53. The maximum Gasteiger partial charge on any atom is 0.323 e. The highest BCUT2D eigenvalue weighted by Gasteiger charge is 2.34. The van der Waals surface area contributed by atoms with Crippen LogP contribution < -0.4 is 4.74 Å². The second-order valence-electron chi connectivity index (χ2n) is 6.09. The van der Waals surface area contributed by atoms with E-state index in [1.807, 2.05) is 30.3 Å². The molecule has 3 rings (SSSR count). The highest BCUT2D eigenvalue weighted by Crippen LogP contribution is 2.16. The van der Waals surface area contributed by atoms with E-state index >= 15 is 0 Å². The summed E-state index contributed by atoms with van der Waals surface area (Å²) in [5, 5.41) is 10.1. The molecule has 6 heteroatoms. The number of esters is 1. The average Bonchev–Trinajstić information content (AvgIpc) is 3.01. The molecule has 2 heterocycles. The van der Waals surface area contributed by atoms with Crippen molar-refractivity contribution in [1.29, 1.82) is 0 Å². The Balaban J connectivity index is 1.37. The van der Waals surface area contributed by atoms with Gasteiger partial charge < -0.3 is 14.6 Å². The second kappa shape index (κ2) is 7.77. The molecule has 1 aromatic rings. The van der Waals surface area contributed by atoms with Gasteiger partial charge >= 0.3 is 5.97 Å². The van der Waals surface area contributed by atoms with Gasteiger partial charge in [0.05, 0.1) is 6.61 Å². The van der Waals surface area contributed by atoms with Gasteiger partial charge in [0.1, 0.15) is 24.5 Å². The van der Waals surface area contributed by atoms with Crippen LogP contribution in [0.25, 0.3) is 0 Å². The van der Waals surface area contributed by atoms with Crippen LogP contribution in [-0.4, -0.2) is 79.0 Å². The Morgan fingerprint density at radius 2 is 1.96 bits per heavy atom. The Morgan fingerprint density at radius 1 is 1.22 bits per heavy atom. The van der Waals surface area contributed by atoms with E-state index in [1.54, 1.807) is 0 Å². The summed E-state index contributed by atoms with van der Waals surface area (Å²) in [4.78, 5) is 16.0. The predicted octanol–water partition coefficient (Wildman–Crippen LogP) is 0.359. The molecule has 0 unspecified atom stereocenters. The number of hydrogen-bond acceptors (Lipinski definition) is 6. The SMILES string of the molecule is O=C1OCC[C@H]1N1CCN(C[C@H](O)COc2ccccc2)CC1. The first-order valence-corrected chi connectivity index (χ1v) is 8.21. The Bertz CT molecular complexity index is 503. The Morgan fingerprint density at radius 3 is 2.61 bits per heavy atom. The lowest BCUT2D eigenvalue weighted by molar-refractivity contribution is -0.142. The third kappa shape index (κ3) is 4.43. The largest absolute Gasteiger partial charge is 0.491 e. The third-order valence-electron chi connectivity index (χ3n) is 4.41. The molecule has 23 heavy (non-hydrogen) atoms. The average molecular weight is 320 g/mol. The van der Waals surface area contributed by atoms with Gasteiger partial charge in [-0.1, -0.05) is 18.2 Å². The number of aliphatic hydroxyl groups excluding tert-OH is 1. The van der Waals surface area contributed by atoms with Gasteiger partial charge in [0.15, 0.2) is 0 Å². The number of para-hydroxylation sites is 1. The Hall–Kier alpha value is -1.63. The molecule has 6 nitrogen and oxygen atoms in total. The van der Waals surface area contributed by atoms with Crippen LogP contribution in [0, 0.1) is 0 Å². The fourth-order valence-electron chi connectivity index (χ4n) is 3.13. The number of aliphatic hydroxyl groups is 1. The molecule has 126 valence electrons. The highest BCUT2D eigenvalue weighted by atomic mass is 16.5. The van der Waals surface area contributed by atoms with E-state index < -0.39 is 6.10 Å². The summed E-state index contributed by atoms with van der Waals surface area (Å²) in [6, 6.07) is 9.45. The van der Waals surface area contributed by atoms with Gasteiger partial charge in [-0.3, -0.25) is 14.6 Å². The van der Waals surface area contributed by atoms with E-state index in [9.17, 15) is 9.90 Å². The van der Waals surface area contributed by atoms with Gasteiger partial charge in [0.2, 0.25) is 0 Å². The van der Waals surface area contributed by atoms with E-state index in [4.69, 9.17) is 9.47 Å².